The number of esters is 1. The fraction of sp³-hybridized carbons (Fsp3) is 0.400. The number of carbonyl (C=O) groups excluding carboxylic acids is 1. The molecule has 1 aromatic rings. The van der Waals surface area contributed by atoms with Crippen LogP contribution < -0.4 is 0 Å². The van der Waals surface area contributed by atoms with Crippen molar-refractivity contribution in [1.82, 2.24) is 4.90 Å². The standard InChI is InChI=1S/C15H15N3O4S/c16-8-10-22-15(19)12-6-3-4-9-18(12)14-11-5-1-2-7-13(11)23(20,21)17-14/h1-2,5,7,12H,3-4,6,9-10H2/t12-/m1/s1. The molecule has 0 bridgehead atoms. The van der Waals surface area contributed by atoms with Gasteiger partial charge in [-0.05, 0) is 31.4 Å². The second-order valence-electron chi connectivity index (χ2n) is 5.36. The zero-order valence-corrected chi connectivity index (χ0v) is 13.1. The van der Waals surface area contributed by atoms with Gasteiger partial charge < -0.3 is 9.64 Å². The number of nitriles is 1. The Morgan fingerprint density at radius 3 is 2.96 bits per heavy atom. The number of fused-ring (bicyclic) bond motifs is 1. The van der Waals surface area contributed by atoms with Crippen LogP contribution in [0.1, 0.15) is 24.8 Å². The molecule has 1 saturated heterocycles. The van der Waals surface area contributed by atoms with E-state index in [0.29, 0.717) is 24.4 Å². The number of hydrogen-bond donors (Lipinski definition) is 0. The summed E-state index contributed by atoms with van der Waals surface area (Å²) in [5, 5.41) is 8.55. The van der Waals surface area contributed by atoms with Crippen LogP contribution in [-0.4, -0.2) is 44.3 Å². The lowest BCUT2D eigenvalue weighted by Crippen LogP contribution is -2.48. The molecular weight excluding hydrogens is 318 g/mol. The van der Waals surface area contributed by atoms with Crippen LogP contribution in [0.4, 0.5) is 0 Å². The smallest absolute Gasteiger partial charge is 0.329 e. The quantitative estimate of drug-likeness (QED) is 0.750. The second-order valence-corrected chi connectivity index (χ2v) is 6.93. The van der Waals surface area contributed by atoms with Gasteiger partial charge in [0.25, 0.3) is 10.0 Å². The first kappa shape index (κ1) is 15.5. The van der Waals surface area contributed by atoms with Crippen molar-refractivity contribution in [2.45, 2.75) is 30.2 Å². The Balaban J connectivity index is 1.96. The number of amidine groups is 1. The van der Waals surface area contributed by atoms with E-state index in [4.69, 9.17) is 10.00 Å². The molecule has 0 spiro atoms. The summed E-state index contributed by atoms with van der Waals surface area (Å²) in [7, 11) is -3.73. The van der Waals surface area contributed by atoms with Gasteiger partial charge in [0.1, 0.15) is 17.0 Å². The summed E-state index contributed by atoms with van der Waals surface area (Å²) in [5.41, 5.74) is 0.507. The number of hydrogen-bond acceptors (Lipinski definition) is 6. The number of nitrogens with zero attached hydrogens (tertiary/aromatic N) is 3. The number of likely N-dealkylation sites (tertiary alicyclic amines) is 1. The zero-order chi connectivity index (χ0) is 16.4. The van der Waals surface area contributed by atoms with Crippen molar-refractivity contribution in [2.75, 3.05) is 13.2 Å². The Morgan fingerprint density at radius 1 is 1.39 bits per heavy atom. The van der Waals surface area contributed by atoms with E-state index in [1.54, 1.807) is 29.2 Å². The van der Waals surface area contributed by atoms with Crippen molar-refractivity contribution in [3.05, 3.63) is 29.8 Å². The molecule has 1 atom stereocenters. The van der Waals surface area contributed by atoms with Gasteiger partial charge in [-0.1, -0.05) is 12.1 Å². The Labute approximate surface area is 134 Å². The maximum Gasteiger partial charge on any atom is 0.329 e. The first-order valence-electron chi connectivity index (χ1n) is 7.29. The number of benzene rings is 1. The van der Waals surface area contributed by atoms with Crippen LogP contribution in [-0.2, 0) is 19.6 Å². The van der Waals surface area contributed by atoms with E-state index < -0.39 is 22.0 Å². The number of carbonyl (C=O) groups is 1. The summed E-state index contributed by atoms with van der Waals surface area (Å²) < 4.78 is 33.1. The monoisotopic (exact) mass is 333 g/mol. The van der Waals surface area contributed by atoms with E-state index in [1.165, 1.54) is 6.07 Å². The van der Waals surface area contributed by atoms with E-state index in [0.717, 1.165) is 12.8 Å². The second kappa shape index (κ2) is 6.01. The molecule has 0 saturated carbocycles. The first-order valence-corrected chi connectivity index (χ1v) is 8.73. The first-order chi connectivity index (χ1) is 11.0. The zero-order valence-electron chi connectivity index (χ0n) is 12.3. The van der Waals surface area contributed by atoms with E-state index in [2.05, 4.69) is 4.40 Å². The van der Waals surface area contributed by atoms with Gasteiger partial charge in [0.15, 0.2) is 12.4 Å². The van der Waals surface area contributed by atoms with Crippen molar-refractivity contribution >= 4 is 21.8 Å². The third kappa shape index (κ3) is 2.80. The average molecular weight is 333 g/mol. The topological polar surface area (TPSA) is 99.8 Å². The lowest BCUT2D eigenvalue weighted by molar-refractivity contribution is -0.148. The fourth-order valence-electron chi connectivity index (χ4n) is 2.93. The summed E-state index contributed by atoms with van der Waals surface area (Å²) in [4.78, 5) is 14.0. The van der Waals surface area contributed by atoms with Crippen molar-refractivity contribution in [3.63, 3.8) is 0 Å². The van der Waals surface area contributed by atoms with Gasteiger partial charge >= 0.3 is 5.97 Å². The van der Waals surface area contributed by atoms with Gasteiger partial charge in [0.05, 0.1) is 0 Å². The fourth-order valence-corrected chi connectivity index (χ4v) is 4.14. The van der Waals surface area contributed by atoms with Crippen LogP contribution in [0.25, 0.3) is 0 Å². The van der Waals surface area contributed by atoms with Crippen LogP contribution in [0.3, 0.4) is 0 Å². The van der Waals surface area contributed by atoms with Crippen LogP contribution in [0, 0.1) is 11.3 Å². The maximum absolute atomic E-state index is 12.2. The highest BCUT2D eigenvalue weighted by molar-refractivity contribution is 7.90. The Morgan fingerprint density at radius 2 is 2.17 bits per heavy atom. The van der Waals surface area contributed by atoms with E-state index in [1.807, 2.05) is 0 Å². The molecule has 0 aromatic heterocycles. The molecule has 120 valence electrons. The number of piperidine rings is 1. The number of sulfonamides is 1. The molecular formula is C15H15N3O4S. The van der Waals surface area contributed by atoms with Crippen LogP contribution in [0.5, 0.6) is 0 Å². The SMILES string of the molecule is N#CCOC(=O)[C@H]1CCCCN1C1=NS(=O)(=O)c2ccccc21. The van der Waals surface area contributed by atoms with Gasteiger partial charge in [-0.25, -0.2) is 4.79 Å². The molecule has 3 rings (SSSR count). The highest BCUT2D eigenvalue weighted by Crippen LogP contribution is 2.30. The van der Waals surface area contributed by atoms with Gasteiger partial charge in [-0.15, -0.1) is 4.40 Å². The minimum Gasteiger partial charge on any atom is -0.449 e. The van der Waals surface area contributed by atoms with E-state index in [9.17, 15) is 13.2 Å². The molecule has 1 aromatic carbocycles. The Hall–Kier alpha value is -2.40. The summed E-state index contributed by atoms with van der Waals surface area (Å²) >= 11 is 0. The highest BCUT2D eigenvalue weighted by atomic mass is 32.2. The predicted molar refractivity (Wildman–Crippen MR) is 81.1 cm³/mol. The summed E-state index contributed by atoms with van der Waals surface area (Å²) in [6.45, 7) is 0.208. The number of ether oxygens (including phenoxy) is 1. The number of rotatable bonds is 2. The molecule has 2 heterocycles. The van der Waals surface area contributed by atoms with Crippen LogP contribution in [0.15, 0.2) is 33.6 Å². The summed E-state index contributed by atoms with van der Waals surface area (Å²) in [5.74, 6) is -0.227. The maximum atomic E-state index is 12.2. The van der Waals surface area contributed by atoms with Crippen molar-refractivity contribution in [1.29, 1.82) is 5.26 Å². The van der Waals surface area contributed by atoms with Crippen molar-refractivity contribution < 1.29 is 17.9 Å². The third-order valence-corrected chi connectivity index (χ3v) is 5.26. The molecule has 8 heteroatoms. The van der Waals surface area contributed by atoms with Gasteiger partial charge in [0.2, 0.25) is 0 Å². The van der Waals surface area contributed by atoms with E-state index in [-0.39, 0.29) is 11.5 Å². The summed E-state index contributed by atoms with van der Waals surface area (Å²) in [6.07, 6.45) is 2.22. The summed E-state index contributed by atoms with van der Waals surface area (Å²) in [6, 6.07) is 7.72. The van der Waals surface area contributed by atoms with Crippen LogP contribution in [0.2, 0.25) is 0 Å². The molecule has 0 radical (unpaired) electrons. The molecule has 23 heavy (non-hydrogen) atoms. The van der Waals surface area contributed by atoms with Crippen LogP contribution >= 0.6 is 0 Å². The molecule has 0 N–H and O–H groups in total. The largest absolute Gasteiger partial charge is 0.449 e. The predicted octanol–water partition coefficient (Wildman–Crippen LogP) is 1.06. The average Bonchev–Trinajstić information content (AvgIpc) is 2.84. The molecule has 7 nitrogen and oxygen atoms in total. The van der Waals surface area contributed by atoms with Gasteiger partial charge in [-0.2, -0.15) is 13.7 Å². The molecule has 2 aliphatic heterocycles. The molecule has 0 amide bonds. The molecule has 0 unspecified atom stereocenters. The van der Waals surface area contributed by atoms with E-state index >= 15 is 0 Å². The van der Waals surface area contributed by atoms with Crippen molar-refractivity contribution in [3.8, 4) is 6.07 Å². The molecule has 2 aliphatic rings. The molecule has 1 fully saturated rings. The lowest BCUT2D eigenvalue weighted by Gasteiger charge is -2.35. The third-order valence-electron chi connectivity index (χ3n) is 3.94. The normalized spacial score (nSPS) is 22.0. The lowest BCUT2D eigenvalue weighted by atomic mass is 10.0. The van der Waals surface area contributed by atoms with Crippen molar-refractivity contribution in [2.24, 2.45) is 4.40 Å². The molecule has 0 aliphatic carbocycles. The van der Waals surface area contributed by atoms with Gasteiger partial charge in [-0.3, -0.25) is 0 Å². The Bertz CT molecular complexity index is 810. The minimum absolute atomic E-state index is 0.157. The minimum atomic E-state index is -3.73. The Kier molecular flexibility index (Phi) is 4.05. The highest BCUT2D eigenvalue weighted by Gasteiger charge is 2.38. The van der Waals surface area contributed by atoms with Gasteiger partial charge in [0, 0.05) is 12.1 Å².